The van der Waals surface area contributed by atoms with Gasteiger partial charge >= 0.3 is 5.97 Å². The predicted molar refractivity (Wildman–Crippen MR) is 79.3 cm³/mol. The number of rotatable bonds is 4. The lowest BCUT2D eigenvalue weighted by Crippen LogP contribution is -2.29. The molecule has 0 radical (unpaired) electrons. The summed E-state index contributed by atoms with van der Waals surface area (Å²) in [6, 6.07) is 8.80. The van der Waals surface area contributed by atoms with Gasteiger partial charge in [0, 0.05) is 17.2 Å². The third-order valence-electron chi connectivity index (χ3n) is 2.74. The average Bonchev–Trinajstić information content (AvgIpc) is 2.87. The van der Waals surface area contributed by atoms with Crippen LogP contribution < -0.4 is 5.32 Å². The van der Waals surface area contributed by atoms with Crippen LogP contribution in [0.4, 0.5) is 0 Å². The van der Waals surface area contributed by atoms with Crippen molar-refractivity contribution >= 4 is 23.2 Å². The van der Waals surface area contributed by atoms with Crippen LogP contribution in [-0.2, 0) is 0 Å². The van der Waals surface area contributed by atoms with Gasteiger partial charge in [0.15, 0.2) is 0 Å². The molecule has 20 heavy (non-hydrogen) atoms. The van der Waals surface area contributed by atoms with E-state index in [1.54, 1.807) is 35.7 Å². The van der Waals surface area contributed by atoms with Crippen molar-refractivity contribution in [3.8, 4) is 11.1 Å². The van der Waals surface area contributed by atoms with Crippen molar-refractivity contribution in [3.05, 3.63) is 46.2 Å². The highest BCUT2D eigenvalue weighted by Gasteiger charge is 2.14. The summed E-state index contributed by atoms with van der Waals surface area (Å²) in [5.74, 6) is -1.06. The Morgan fingerprint density at radius 1 is 1.15 bits per heavy atom. The molecule has 0 saturated heterocycles. The third kappa shape index (κ3) is 3.05. The monoisotopic (exact) mass is 289 g/mol. The lowest BCUT2D eigenvalue weighted by atomic mass is 10.0. The van der Waals surface area contributed by atoms with Crippen LogP contribution in [0.1, 0.15) is 33.9 Å². The van der Waals surface area contributed by atoms with Crippen molar-refractivity contribution in [2.75, 3.05) is 0 Å². The van der Waals surface area contributed by atoms with Crippen molar-refractivity contribution in [1.29, 1.82) is 0 Å². The van der Waals surface area contributed by atoms with E-state index in [0.717, 1.165) is 5.56 Å². The summed E-state index contributed by atoms with van der Waals surface area (Å²) in [5, 5.41) is 13.7. The van der Waals surface area contributed by atoms with E-state index < -0.39 is 5.97 Å². The highest BCUT2D eigenvalue weighted by atomic mass is 32.1. The number of nitrogens with one attached hydrogen (secondary N) is 1. The predicted octanol–water partition coefficient (Wildman–Crippen LogP) is 3.25. The first-order valence-corrected chi connectivity index (χ1v) is 7.09. The SMILES string of the molecule is CC(C)NC(=O)c1ccc(-c2ccsc2C(=O)O)cc1. The quantitative estimate of drug-likeness (QED) is 0.908. The molecule has 0 saturated carbocycles. The largest absolute Gasteiger partial charge is 0.477 e. The van der Waals surface area contributed by atoms with Gasteiger partial charge in [-0.3, -0.25) is 4.79 Å². The van der Waals surface area contributed by atoms with Gasteiger partial charge in [0.1, 0.15) is 4.88 Å². The van der Waals surface area contributed by atoms with Crippen LogP contribution in [0.5, 0.6) is 0 Å². The van der Waals surface area contributed by atoms with Crippen molar-refractivity contribution in [2.45, 2.75) is 19.9 Å². The number of carbonyl (C=O) groups is 2. The molecule has 0 atom stereocenters. The molecular formula is C15H15NO3S. The second kappa shape index (κ2) is 5.88. The lowest BCUT2D eigenvalue weighted by molar-refractivity contribution is 0.0702. The smallest absolute Gasteiger partial charge is 0.346 e. The number of carboxylic acid groups (broad SMARTS) is 1. The van der Waals surface area contributed by atoms with E-state index in [1.165, 1.54) is 11.3 Å². The molecule has 0 aliphatic heterocycles. The Balaban J connectivity index is 2.26. The van der Waals surface area contributed by atoms with Crippen LogP contribution in [0, 0.1) is 0 Å². The maximum Gasteiger partial charge on any atom is 0.346 e. The van der Waals surface area contributed by atoms with Gasteiger partial charge in [-0.15, -0.1) is 11.3 Å². The molecule has 0 fully saturated rings. The van der Waals surface area contributed by atoms with Crippen LogP contribution in [0.3, 0.4) is 0 Å². The number of hydrogen-bond acceptors (Lipinski definition) is 3. The fourth-order valence-electron chi connectivity index (χ4n) is 1.85. The molecule has 0 unspecified atom stereocenters. The second-order valence-corrected chi connectivity index (χ2v) is 5.59. The van der Waals surface area contributed by atoms with E-state index in [0.29, 0.717) is 16.0 Å². The molecule has 1 heterocycles. The van der Waals surface area contributed by atoms with Gasteiger partial charge < -0.3 is 10.4 Å². The summed E-state index contributed by atoms with van der Waals surface area (Å²) in [4.78, 5) is 23.2. The summed E-state index contributed by atoms with van der Waals surface area (Å²) in [6.45, 7) is 3.80. The Morgan fingerprint density at radius 2 is 1.80 bits per heavy atom. The van der Waals surface area contributed by atoms with Gasteiger partial charge in [-0.05, 0) is 43.0 Å². The number of aromatic carboxylic acids is 1. The van der Waals surface area contributed by atoms with Crippen LogP contribution >= 0.6 is 11.3 Å². The zero-order valence-electron chi connectivity index (χ0n) is 11.2. The molecule has 0 spiro atoms. The summed E-state index contributed by atoms with van der Waals surface area (Å²) >= 11 is 1.19. The molecule has 1 aromatic carbocycles. The second-order valence-electron chi connectivity index (χ2n) is 4.67. The molecule has 2 N–H and O–H groups in total. The van der Waals surface area contributed by atoms with Crippen LogP contribution in [0.2, 0.25) is 0 Å². The zero-order valence-corrected chi connectivity index (χ0v) is 12.0. The zero-order chi connectivity index (χ0) is 14.7. The van der Waals surface area contributed by atoms with E-state index in [2.05, 4.69) is 5.32 Å². The minimum atomic E-state index is -0.934. The maximum atomic E-state index is 11.8. The molecule has 1 aromatic heterocycles. The fraction of sp³-hybridized carbons (Fsp3) is 0.200. The number of benzene rings is 1. The molecular weight excluding hydrogens is 274 g/mol. The Bertz CT molecular complexity index is 629. The normalized spacial score (nSPS) is 10.6. The highest BCUT2D eigenvalue weighted by molar-refractivity contribution is 7.12. The Morgan fingerprint density at radius 3 is 2.35 bits per heavy atom. The van der Waals surface area contributed by atoms with Gasteiger partial charge in [0.05, 0.1) is 0 Å². The molecule has 0 aliphatic carbocycles. The third-order valence-corrected chi connectivity index (χ3v) is 3.64. The minimum Gasteiger partial charge on any atom is -0.477 e. The average molecular weight is 289 g/mol. The van der Waals surface area contributed by atoms with E-state index in [1.807, 2.05) is 13.8 Å². The maximum absolute atomic E-state index is 11.8. The highest BCUT2D eigenvalue weighted by Crippen LogP contribution is 2.28. The van der Waals surface area contributed by atoms with Crippen LogP contribution in [0.15, 0.2) is 35.7 Å². The fourth-order valence-corrected chi connectivity index (χ4v) is 2.60. The van der Waals surface area contributed by atoms with E-state index in [-0.39, 0.29) is 11.9 Å². The van der Waals surface area contributed by atoms with Crippen LogP contribution in [-0.4, -0.2) is 23.0 Å². The van der Waals surface area contributed by atoms with Gasteiger partial charge in [-0.2, -0.15) is 0 Å². The van der Waals surface area contributed by atoms with Crippen molar-refractivity contribution in [2.24, 2.45) is 0 Å². The number of thiophene rings is 1. The van der Waals surface area contributed by atoms with Gasteiger partial charge in [-0.1, -0.05) is 12.1 Å². The standard InChI is InChI=1S/C15H15NO3S/c1-9(2)16-14(17)11-5-3-10(4-6-11)12-7-8-20-13(12)15(18)19/h3-9H,1-2H3,(H,16,17)(H,18,19). The molecule has 1 amide bonds. The van der Waals surface area contributed by atoms with Crippen molar-refractivity contribution in [3.63, 3.8) is 0 Å². The van der Waals surface area contributed by atoms with E-state index >= 15 is 0 Å². The Hall–Kier alpha value is -2.14. The first-order chi connectivity index (χ1) is 9.49. The summed E-state index contributed by atoms with van der Waals surface area (Å²) in [7, 11) is 0. The summed E-state index contributed by atoms with van der Waals surface area (Å²) in [5.41, 5.74) is 2.04. The number of carboxylic acids is 1. The van der Waals surface area contributed by atoms with Crippen molar-refractivity contribution in [1.82, 2.24) is 5.32 Å². The minimum absolute atomic E-state index is 0.0812. The van der Waals surface area contributed by atoms with E-state index in [9.17, 15) is 9.59 Å². The van der Waals surface area contributed by atoms with Gasteiger partial charge in [0.2, 0.25) is 0 Å². The molecule has 5 heteroatoms. The molecule has 2 rings (SSSR count). The first-order valence-electron chi connectivity index (χ1n) is 6.21. The van der Waals surface area contributed by atoms with Crippen LogP contribution in [0.25, 0.3) is 11.1 Å². The molecule has 0 bridgehead atoms. The molecule has 104 valence electrons. The van der Waals surface area contributed by atoms with Gasteiger partial charge in [0.25, 0.3) is 5.91 Å². The number of hydrogen-bond donors (Lipinski definition) is 2. The molecule has 4 nitrogen and oxygen atoms in total. The van der Waals surface area contributed by atoms with E-state index in [4.69, 9.17) is 5.11 Å². The Kier molecular flexibility index (Phi) is 4.20. The molecule has 2 aromatic rings. The Labute approximate surface area is 121 Å². The number of carbonyl (C=O) groups excluding carboxylic acids is 1. The number of amides is 1. The first kappa shape index (κ1) is 14.3. The summed E-state index contributed by atoms with van der Waals surface area (Å²) < 4.78 is 0. The molecule has 0 aliphatic rings. The summed E-state index contributed by atoms with van der Waals surface area (Å²) in [6.07, 6.45) is 0. The topological polar surface area (TPSA) is 66.4 Å². The lowest BCUT2D eigenvalue weighted by Gasteiger charge is -2.08. The van der Waals surface area contributed by atoms with Crippen molar-refractivity contribution < 1.29 is 14.7 Å². The van der Waals surface area contributed by atoms with Gasteiger partial charge in [-0.25, -0.2) is 4.79 Å².